The SMILES string of the molecule is Cc1cn[nH]c1C(=O)Nc1ccc(N2CCC(C)CC2)cc1. The predicted molar refractivity (Wildman–Crippen MR) is 88.3 cm³/mol. The van der Waals surface area contributed by atoms with Gasteiger partial charge in [-0.3, -0.25) is 9.89 Å². The van der Waals surface area contributed by atoms with E-state index >= 15 is 0 Å². The summed E-state index contributed by atoms with van der Waals surface area (Å²) in [7, 11) is 0. The first-order chi connectivity index (χ1) is 10.6. The Morgan fingerprint density at radius 3 is 2.55 bits per heavy atom. The van der Waals surface area contributed by atoms with Crippen LogP contribution in [0.1, 0.15) is 35.8 Å². The van der Waals surface area contributed by atoms with Crippen molar-refractivity contribution in [3.05, 3.63) is 41.7 Å². The number of hydrogen-bond acceptors (Lipinski definition) is 3. The molecule has 3 rings (SSSR count). The van der Waals surface area contributed by atoms with Gasteiger partial charge in [0.25, 0.3) is 5.91 Å². The predicted octanol–water partition coefficient (Wildman–Crippen LogP) is 3.21. The van der Waals surface area contributed by atoms with Crippen molar-refractivity contribution in [2.24, 2.45) is 5.92 Å². The Hall–Kier alpha value is -2.30. The third kappa shape index (κ3) is 3.13. The Balaban J connectivity index is 1.64. The second kappa shape index (κ2) is 6.22. The summed E-state index contributed by atoms with van der Waals surface area (Å²) in [6.45, 7) is 6.40. The Morgan fingerprint density at radius 1 is 1.27 bits per heavy atom. The van der Waals surface area contributed by atoms with Crippen molar-refractivity contribution < 1.29 is 4.79 Å². The van der Waals surface area contributed by atoms with E-state index in [0.717, 1.165) is 30.3 Å². The van der Waals surface area contributed by atoms with Gasteiger partial charge in [-0.15, -0.1) is 0 Å². The van der Waals surface area contributed by atoms with Crippen LogP contribution in [0.4, 0.5) is 11.4 Å². The average molecular weight is 298 g/mol. The Kier molecular flexibility index (Phi) is 4.13. The molecule has 5 nitrogen and oxygen atoms in total. The molecule has 1 amide bonds. The van der Waals surface area contributed by atoms with E-state index in [-0.39, 0.29) is 5.91 Å². The van der Waals surface area contributed by atoms with Crippen molar-refractivity contribution in [2.45, 2.75) is 26.7 Å². The molecule has 1 saturated heterocycles. The number of nitrogens with zero attached hydrogens (tertiary/aromatic N) is 2. The molecule has 0 atom stereocenters. The number of carbonyl (C=O) groups is 1. The summed E-state index contributed by atoms with van der Waals surface area (Å²) in [5.41, 5.74) is 3.38. The third-order valence-electron chi connectivity index (χ3n) is 4.33. The number of benzene rings is 1. The molecule has 0 saturated carbocycles. The highest BCUT2D eigenvalue weighted by Crippen LogP contribution is 2.24. The van der Waals surface area contributed by atoms with Gasteiger partial charge in [0.15, 0.2) is 0 Å². The van der Waals surface area contributed by atoms with Gasteiger partial charge in [-0.05, 0) is 55.5 Å². The van der Waals surface area contributed by atoms with Crippen LogP contribution in [-0.4, -0.2) is 29.2 Å². The first-order valence-electron chi connectivity index (χ1n) is 7.80. The molecule has 0 radical (unpaired) electrons. The lowest BCUT2D eigenvalue weighted by molar-refractivity contribution is 0.102. The van der Waals surface area contributed by atoms with Gasteiger partial charge in [-0.1, -0.05) is 6.92 Å². The molecule has 116 valence electrons. The van der Waals surface area contributed by atoms with Gasteiger partial charge in [0.1, 0.15) is 5.69 Å². The molecule has 1 aliphatic rings. The molecule has 0 aliphatic carbocycles. The highest BCUT2D eigenvalue weighted by molar-refractivity contribution is 6.03. The van der Waals surface area contributed by atoms with Crippen LogP contribution in [-0.2, 0) is 0 Å². The maximum atomic E-state index is 12.1. The largest absolute Gasteiger partial charge is 0.372 e. The summed E-state index contributed by atoms with van der Waals surface area (Å²) in [6.07, 6.45) is 4.14. The molecule has 2 heterocycles. The number of carbonyl (C=O) groups excluding carboxylic acids is 1. The standard InChI is InChI=1S/C17H22N4O/c1-12-7-9-21(10-8-12)15-5-3-14(4-6-15)19-17(22)16-13(2)11-18-20-16/h3-6,11-12H,7-10H2,1-2H3,(H,18,20)(H,19,22). The summed E-state index contributed by atoms with van der Waals surface area (Å²) < 4.78 is 0. The van der Waals surface area contributed by atoms with Gasteiger partial charge in [0.2, 0.25) is 0 Å². The first kappa shape index (κ1) is 14.6. The number of aromatic amines is 1. The summed E-state index contributed by atoms with van der Waals surface area (Å²) in [6, 6.07) is 8.06. The zero-order chi connectivity index (χ0) is 15.5. The van der Waals surface area contributed by atoms with Gasteiger partial charge in [0, 0.05) is 24.5 Å². The molecule has 2 aromatic rings. The highest BCUT2D eigenvalue weighted by atomic mass is 16.1. The quantitative estimate of drug-likeness (QED) is 0.914. The number of H-pyrrole nitrogens is 1. The maximum absolute atomic E-state index is 12.1. The van der Waals surface area contributed by atoms with E-state index in [0.29, 0.717) is 5.69 Å². The zero-order valence-electron chi connectivity index (χ0n) is 13.1. The van der Waals surface area contributed by atoms with Gasteiger partial charge < -0.3 is 10.2 Å². The van der Waals surface area contributed by atoms with E-state index in [9.17, 15) is 4.79 Å². The van der Waals surface area contributed by atoms with Crippen LogP contribution in [0.15, 0.2) is 30.5 Å². The summed E-state index contributed by atoms with van der Waals surface area (Å²) in [5.74, 6) is 0.669. The van der Waals surface area contributed by atoms with Crippen LogP contribution in [0.2, 0.25) is 0 Å². The van der Waals surface area contributed by atoms with Crippen molar-refractivity contribution in [1.82, 2.24) is 10.2 Å². The molecule has 22 heavy (non-hydrogen) atoms. The number of piperidine rings is 1. The van der Waals surface area contributed by atoms with Crippen molar-refractivity contribution in [2.75, 3.05) is 23.3 Å². The summed E-state index contributed by atoms with van der Waals surface area (Å²) in [4.78, 5) is 14.5. The monoisotopic (exact) mass is 298 g/mol. The second-order valence-corrected chi connectivity index (χ2v) is 6.10. The van der Waals surface area contributed by atoms with Crippen LogP contribution >= 0.6 is 0 Å². The minimum absolute atomic E-state index is 0.158. The third-order valence-corrected chi connectivity index (χ3v) is 4.33. The molecular weight excluding hydrogens is 276 g/mol. The number of nitrogens with one attached hydrogen (secondary N) is 2. The minimum Gasteiger partial charge on any atom is -0.372 e. The molecule has 1 aromatic heterocycles. The minimum atomic E-state index is -0.158. The van der Waals surface area contributed by atoms with Crippen LogP contribution in [0.3, 0.4) is 0 Å². The lowest BCUT2D eigenvalue weighted by atomic mass is 9.99. The number of rotatable bonds is 3. The van der Waals surface area contributed by atoms with Crippen molar-refractivity contribution in [1.29, 1.82) is 0 Å². The van der Waals surface area contributed by atoms with E-state index in [2.05, 4.69) is 39.5 Å². The molecule has 0 bridgehead atoms. The number of amides is 1. The molecule has 1 aliphatic heterocycles. The van der Waals surface area contributed by atoms with Gasteiger partial charge in [-0.25, -0.2) is 0 Å². The molecule has 0 unspecified atom stereocenters. The van der Waals surface area contributed by atoms with E-state index in [1.165, 1.54) is 18.5 Å². The average Bonchev–Trinajstić information content (AvgIpc) is 2.95. The highest BCUT2D eigenvalue weighted by Gasteiger charge is 2.16. The zero-order valence-corrected chi connectivity index (χ0v) is 13.1. The van der Waals surface area contributed by atoms with E-state index in [1.807, 2.05) is 19.1 Å². The second-order valence-electron chi connectivity index (χ2n) is 6.10. The molecule has 1 aromatic carbocycles. The lowest BCUT2D eigenvalue weighted by Crippen LogP contribution is -2.32. The summed E-state index contributed by atoms with van der Waals surface area (Å²) >= 11 is 0. The first-order valence-corrected chi connectivity index (χ1v) is 7.80. The summed E-state index contributed by atoms with van der Waals surface area (Å²) in [5, 5.41) is 9.49. The van der Waals surface area contributed by atoms with Crippen LogP contribution < -0.4 is 10.2 Å². The van der Waals surface area contributed by atoms with E-state index < -0.39 is 0 Å². The van der Waals surface area contributed by atoms with Gasteiger partial charge in [0.05, 0.1) is 6.20 Å². The molecule has 5 heteroatoms. The van der Waals surface area contributed by atoms with Crippen molar-refractivity contribution >= 4 is 17.3 Å². The molecular formula is C17H22N4O. The Bertz CT molecular complexity index is 639. The van der Waals surface area contributed by atoms with Crippen LogP contribution in [0.5, 0.6) is 0 Å². The smallest absolute Gasteiger partial charge is 0.273 e. The van der Waals surface area contributed by atoms with Crippen molar-refractivity contribution in [3.63, 3.8) is 0 Å². The Morgan fingerprint density at radius 2 is 1.95 bits per heavy atom. The number of aromatic nitrogens is 2. The number of hydrogen-bond donors (Lipinski definition) is 2. The van der Waals surface area contributed by atoms with Crippen LogP contribution in [0.25, 0.3) is 0 Å². The number of anilines is 2. The fourth-order valence-corrected chi connectivity index (χ4v) is 2.79. The van der Waals surface area contributed by atoms with Gasteiger partial charge >= 0.3 is 0 Å². The topological polar surface area (TPSA) is 61.0 Å². The fraction of sp³-hybridized carbons (Fsp3) is 0.412. The van der Waals surface area contributed by atoms with Crippen LogP contribution in [0, 0.1) is 12.8 Å². The normalized spacial score (nSPS) is 15.8. The van der Waals surface area contributed by atoms with Gasteiger partial charge in [-0.2, -0.15) is 5.10 Å². The Labute approximate surface area is 130 Å². The molecule has 0 spiro atoms. The molecule has 2 N–H and O–H groups in total. The van der Waals surface area contributed by atoms with E-state index in [4.69, 9.17) is 0 Å². The number of aryl methyl sites for hydroxylation is 1. The van der Waals surface area contributed by atoms with E-state index in [1.54, 1.807) is 6.20 Å². The fourth-order valence-electron chi connectivity index (χ4n) is 2.79. The molecule has 1 fully saturated rings. The van der Waals surface area contributed by atoms with Crippen molar-refractivity contribution in [3.8, 4) is 0 Å². The maximum Gasteiger partial charge on any atom is 0.273 e. The lowest BCUT2D eigenvalue weighted by Gasteiger charge is -2.32.